The summed E-state index contributed by atoms with van der Waals surface area (Å²) in [5.74, 6) is 1.54. The van der Waals surface area contributed by atoms with E-state index < -0.39 is 0 Å². The van der Waals surface area contributed by atoms with Crippen molar-refractivity contribution in [3.8, 4) is 5.75 Å². The minimum absolute atomic E-state index is 0.115. The second-order valence-electron chi connectivity index (χ2n) is 6.44. The quantitative estimate of drug-likeness (QED) is 0.730. The Balaban J connectivity index is 1.37. The SMILES string of the molecule is CCOc1ccc(NC(=O)N2CCN(c3ncnc4c3nnn4C)CC2)cc1. The molecule has 4 rings (SSSR count). The van der Waals surface area contributed by atoms with Gasteiger partial charge in [0, 0.05) is 38.9 Å². The Bertz CT molecular complexity index is 963. The summed E-state index contributed by atoms with van der Waals surface area (Å²) < 4.78 is 7.04. The lowest BCUT2D eigenvalue weighted by Gasteiger charge is -2.35. The molecule has 1 fully saturated rings. The van der Waals surface area contributed by atoms with Crippen LogP contribution in [0, 0.1) is 0 Å². The number of fused-ring (bicyclic) bond motifs is 1. The lowest BCUT2D eigenvalue weighted by Crippen LogP contribution is -2.50. The number of nitrogens with one attached hydrogen (secondary N) is 1. The molecule has 0 atom stereocenters. The highest BCUT2D eigenvalue weighted by molar-refractivity contribution is 5.89. The minimum Gasteiger partial charge on any atom is -0.494 e. The van der Waals surface area contributed by atoms with E-state index in [-0.39, 0.29) is 6.03 Å². The van der Waals surface area contributed by atoms with Gasteiger partial charge in [0.2, 0.25) is 0 Å². The van der Waals surface area contributed by atoms with Crippen molar-refractivity contribution in [3.63, 3.8) is 0 Å². The number of urea groups is 1. The molecular weight excluding hydrogens is 360 g/mol. The van der Waals surface area contributed by atoms with E-state index in [2.05, 4.69) is 30.5 Å². The predicted molar refractivity (Wildman–Crippen MR) is 105 cm³/mol. The van der Waals surface area contributed by atoms with E-state index in [1.165, 1.54) is 6.33 Å². The van der Waals surface area contributed by atoms with Crippen molar-refractivity contribution in [3.05, 3.63) is 30.6 Å². The number of hydrogen-bond acceptors (Lipinski definition) is 7. The van der Waals surface area contributed by atoms with Crippen molar-refractivity contribution >= 4 is 28.7 Å². The Hall–Kier alpha value is -3.43. The van der Waals surface area contributed by atoms with Gasteiger partial charge >= 0.3 is 6.03 Å². The molecule has 146 valence electrons. The van der Waals surface area contributed by atoms with Crippen molar-refractivity contribution in [2.45, 2.75) is 6.92 Å². The molecule has 0 aliphatic carbocycles. The van der Waals surface area contributed by atoms with Gasteiger partial charge in [-0.2, -0.15) is 0 Å². The summed E-state index contributed by atoms with van der Waals surface area (Å²) in [5, 5.41) is 11.1. The van der Waals surface area contributed by atoms with Gasteiger partial charge in [-0.05, 0) is 31.2 Å². The van der Waals surface area contributed by atoms with Gasteiger partial charge in [0.25, 0.3) is 0 Å². The molecule has 0 unspecified atom stereocenters. The summed E-state index contributed by atoms with van der Waals surface area (Å²) in [4.78, 5) is 25.0. The van der Waals surface area contributed by atoms with Crippen LogP contribution in [0.1, 0.15) is 6.92 Å². The molecule has 10 nitrogen and oxygen atoms in total. The lowest BCUT2D eigenvalue weighted by molar-refractivity contribution is 0.208. The van der Waals surface area contributed by atoms with Gasteiger partial charge in [-0.3, -0.25) is 0 Å². The highest BCUT2D eigenvalue weighted by atomic mass is 16.5. The maximum atomic E-state index is 12.6. The van der Waals surface area contributed by atoms with Crippen LogP contribution in [0.2, 0.25) is 0 Å². The molecule has 0 saturated carbocycles. The molecule has 1 aliphatic heterocycles. The van der Waals surface area contributed by atoms with Crippen LogP contribution in [0.25, 0.3) is 11.2 Å². The molecule has 28 heavy (non-hydrogen) atoms. The number of anilines is 2. The number of aryl methyl sites for hydroxylation is 1. The van der Waals surface area contributed by atoms with Crippen LogP contribution in [0.5, 0.6) is 5.75 Å². The van der Waals surface area contributed by atoms with Gasteiger partial charge in [-0.25, -0.2) is 19.4 Å². The highest BCUT2D eigenvalue weighted by Crippen LogP contribution is 2.22. The summed E-state index contributed by atoms with van der Waals surface area (Å²) in [7, 11) is 1.80. The molecule has 1 aromatic carbocycles. The standard InChI is InChI=1S/C18H22N8O2/c1-3-28-14-6-4-13(5-7-14)21-18(27)26-10-8-25(9-11-26)17-15-16(19-12-20-17)24(2)23-22-15/h4-7,12H,3,8-11H2,1-2H3,(H,21,27). The third-order valence-electron chi connectivity index (χ3n) is 4.65. The van der Waals surface area contributed by atoms with Crippen LogP contribution < -0.4 is 15.0 Å². The number of piperazine rings is 1. The van der Waals surface area contributed by atoms with E-state index >= 15 is 0 Å². The van der Waals surface area contributed by atoms with Crippen molar-refractivity contribution < 1.29 is 9.53 Å². The first kappa shape index (κ1) is 18.0. The monoisotopic (exact) mass is 382 g/mol. The van der Waals surface area contributed by atoms with Crippen LogP contribution >= 0.6 is 0 Å². The van der Waals surface area contributed by atoms with Crippen LogP contribution in [0.3, 0.4) is 0 Å². The van der Waals surface area contributed by atoms with E-state index in [4.69, 9.17) is 4.74 Å². The second-order valence-corrected chi connectivity index (χ2v) is 6.44. The fourth-order valence-electron chi connectivity index (χ4n) is 3.20. The van der Waals surface area contributed by atoms with Crippen molar-refractivity contribution in [1.29, 1.82) is 0 Å². The van der Waals surface area contributed by atoms with E-state index in [1.54, 1.807) is 16.6 Å². The normalized spacial score (nSPS) is 14.4. The zero-order chi connectivity index (χ0) is 19.5. The molecule has 3 heterocycles. The average molecular weight is 382 g/mol. The van der Waals surface area contributed by atoms with Gasteiger partial charge in [-0.1, -0.05) is 5.21 Å². The number of carbonyl (C=O) groups is 1. The number of benzene rings is 1. The van der Waals surface area contributed by atoms with Gasteiger partial charge < -0.3 is 19.9 Å². The topological polar surface area (TPSA) is 101 Å². The average Bonchev–Trinajstić information content (AvgIpc) is 3.11. The molecule has 10 heteroatoms. The molecular formula is C18H22N8O2. The first-order valence-electron chi connectivity index (χ1n) is 9.20. The highest BCUT2D eigenvalue weighted by Gasteiger charge is 2.24. The van der Waals surface area contributed by atoms with Gasteiger partial charge in [-0.15, -0.1) is 5.10 Å². The van der Waals surface area contributed by atoms with Gasteiger partial charge in [0.05, 0.1) is 6.61 Å². The predicted octanol–water partition coefficient (Wildman–Crippen LogP) is 1.51. The molecule has 1 saturated heterocycles. The first-order chi connectivity index (χ1) is 13.7. The van der Waals surface area contributed by atoms with Crippen LogP contribution in [0.15, 0.2) is 30.6 Å². The number of amides is 2. The van der Waals surface area contributed by atoms with Crippen molar-refractivity contribution in [1.82, 2.24) is 29.9 Å². The lowest BCUT2D eigenvalue weighted by atomic mass is 10.3. The minimum atomic E-state index is -0.115. The smallest absolute Gasteiger partial charge is 0.321 e. The summed E-state index contributed by atoms with van der Waals surface area (Å²) in [6, 6.07) is 7.25. The Kier molecular flexibility index (Phi) is 4.92. The fourth-order valence-corrected chi connectivity index (χ4v) is 3.20. The molecule has 1 N–H and O–H groups in total. The summed E-state index contributed by atoms with van der Waals surface area (Å²) in [6.07, 6.45) is 1.52. The summed E-state index contributed by atoms with van der Waals surface area (Å²) >= 11 is 0. The number of hydrogen-bond donors (Lipinski definition) is 1. The third-order valence-corrected chi connectivity index (χ3v) is 4.65. The molecule has 1 aliphatic rings. The number of aromatic nitrogens is 5. The van der Waals surface area contributed by atoms with Gasteiger partial charge in [0.1, 0.15) is 12.1 Å². The Morgan fingerprint density at radius 3 is 2.61 bits per heavy atom. The third kappa shape index (κ3) is 3.53. The zero-order valence-electron chi connectivity index (χ0n) is 15.9. The Labute approximate surface area is 162 Å². The fraction of sp³-hybridized carbons (Fsp3) is 0.389. The second kappa shape index (κ2) is 7.67. The van der Waals surface area contributed by atoms with E-state index in [9.17, 15) is 4.79 Å². The number of rotatable bonds is 4. The molecule has 2 aromatic heterocycles. The van der Waals surface area contributed by atoms with Crippen LogP contribution in [-0.4, -0.2) is 68.7 Å². The van der Waals surface area contributed by atoms with Crippen molar-refractivity contribution in [2.75, 3.05) is 43.0 Å². The van der Waals surface area contributed by atoms with Crippen molar-refractivity contribution in [2.24, 2.45) is 7.05 Å². The maximum absolute atomic E-state index is 12.6. The molecule has 2 amide bonds. The number of carbonyl (C=O) groups excluding carboxylic acids is 1. The number of ether oxygens (including phenoxy) is 1. The Morgan fingerprint density at radius 2 is 1.89 bits per heavy atom. The first-order valence-corrected chi connectivity index (χ1v) is 9.20. The van der Waals surface area contributed by atoms with E-state index in [1.807, 2.05) is 31.2 Å². The van der Waals surface area contributed by atoms with Crippen LogP contribution in [0.4, 0.5) is 16.3 Å². The van der Waals surface area contributed by atoms with Crippen LogP contribution in [-0.2, 0) is 7.05 Å². The summed E-state index contributed by atoms with van der Waals surface area (Å²) in [6.45, 7) is 5.07. The Morgan fingerprint density at radius 1 is 1.14 bits per heavy atom. The van der Waals surface area contributed by atoms with E-state index in [0.29, 0.717) is 43.9 Å². The van der Waals surface area contributed by atoms with Gasteiger partial charge in [0.15, 0.2) is 17.0 Å². The number of nitrogens with zero attached hydrogens (tertiary/aromatic N) is 7. The maximum Gasteiger partial charge on any atom is 0.321 e. The largest absolute Gasteiger partial charge is 0.494 e. The molecule has 0 spiro atoms. The molecule has 0 radical (unpaired) electrons. The van der Waals surface area contributed by atoms with E-state index in [0.717, 1.165) is 17.3 Å². The summed E-state index contributed by atoms with van der Waals surface area (Å²) in [5.41, 5.74) is 2.12. The zero-order valence-corrected chi connectivity index (χ0v) is 15.9. The molecule has 3 aromatic rings. The molecule has 0 bridgehead atoms.